The number of nitrogens with zero attached hydrogens (tertiary/aromatic N) is 2. The van der Waals surface area contributed by atoms with Crippen LogP contribution in [0.3, 0.4) is 0 Å². The lowest BCUT2D eigenvalue weighted by atomic mass is 10.2. The van der Waals surface area contributed by atoms with Gasteiger partial charge in [-0.25, -0.2) is 4.79 Å². The van der Waals surface area contributed by atoms with E-state index in [2.05, 4.69) is 20.7 Å². The fraction of sp³-hybridized carbons (Fsp3) is 0.462. The van der Waals surface area contributed by atoms with Crippen molar-refractivity contribution < 1.29 is 14.3 Å². The summed E-state index contributed by atoms with van der Waals surface area (Å²) in [4.78, 5) is 11.4. The number of fused-ring (bicyclic) bond motifs is 1. The third-order valence-electron chi connectivity index (χ3n) is 2.33. The molecule has 2 aromatic rings. The van der Waals surface area contributed by atoms with E-state index in [0.717, 1.165) is 11.0 Å². The SMILES string of the molecule is CC(C)(C)OC(=O)NCCOc1ccc2n[nH]nc2c1. The van der Waals surface area contributed by atoms with Gasteiger partial charge in [0.1, 0.15) is 29.0 Å². The van der Waals surface area contributed by atoms with Crippen LogP contribution in [0.2, 0.25) is 0 Å². The van der Waals surface area contributed by atoms with Crippen LogP contribution in [0.5, 0.6) is 5.75 Å². The van der Waals surface area contributed by atoms with Gasteiger partial charge in [-0.15, -0.1) is 0 Å². The van der Waals surface area contributed by atoms with Gasteiger partial charge in [-0.3, -0.25) is 0 Å². The van der Waals surface area contributed by atoms with Gasteiger partial charge < -0.3 is 14.8 Å². The fourth-order valence-electron chi connectivity index (χ4n) is 1.55. The third-order valence-corrected chi connectivity index (χ3v) is 2.33. The van der Waals surface area contributed by atoms with E-state index in [-0.39, 0.29) is 0 Å². The standard InChI is InChI=1S/C13H18N4O3/c1-13(2,3)20-12(18)14-6-7-19-9-4-5-10-11(8-9)16-17-15-10/h4-5,8H,6-7H2,1-3H3,(H,14,18)(H,15,16,17). The average molecular weight is 278 g/mol. The van der Waals surface area contributed by atoms with Crippen LogP contribution in [0.25, 0.3) is 11.0 Å². The summed E-state index contributed by atoms with van der Waals surface area (Å²) in [5.41, 5.74) is 1.02. The topological polar surface area (TPSA) is 89.1 Å². The molecular weight excluding hydrogens is 260 g/mol. The molecule has 0 aliphatic carbocycles. The molecule has 1 heterocycles. The monoisotopic (exact) mass is 278 g/mol. The van der Waals surface area contributed by atoms with E-state index in [1.807, 2.05) is 26.8 Å². The molecule has 0 radical (unpaired) electrons. The quantitative estimate of drug-likeness (QED) is 0.833. The summed E-state index contributed by atoms with van der Waals surface area (Å²) in [7, 11) is 0. The van der Waals surface area contributed by atoms with E-state index >= 15 is 0 Å². The molecule has 7 nitrogen and oxygen atoms in total. The van der Waals surface area contributed by atoms with Crippen molar-refractivity contribution in [3.8, 4) is 5.75 Å². The summed E-state index contributed by atoms with van der Waals surface area (Å²) in [6, 6.07) is 5.40. The lowest BCUT2D eigenvalue weighted by Gasteiger charge is -2.19. The Morgan fingerprint density at radius 1 is 1.30 bits per heavy atom. The first kappa shape index (κ1) is 14.1. The molecule has 0 saturated heterocycles. The molecular formula is C13H18N4O3. The minimum Gasteiger partial charge on any atom is -0.492 e. The fourth-order valence-corrected chi connectivity index (χ4v) is 1.55. The second-order valence-electron chi connectivity index (χ2n) is 5.25. The molecule has 1 aromatic heterocycles. The number of aromatic amines is 1. The Kier molecular flexibility index (Phi) is 4.07. The number of alkyl carbamates (subject to hydrolysis) is 1. The Hall–Kier alpha value is -2.31. The summed E-state index contributed by atoms with van der Waals surface area (Å²) < 4.78 is 10.6. The summed E-state index contributed by atoms with van der Waals surface area (Å²) in [6.45, 7) is 6.16. The van der Waals surface area contributed by atoms with Crippen LogP contribution >= 0.6 is 0 Å². The molecule has 1 amide bonds. The lowest BCUT2D eigenvalue weighted by molar-refractivity contribution is 0.0520. The number of H-pyrrole nitrogens is 1. The van der Waals surface area contributed by atoms with Gasteiger partial charge in [-0.05, 0) is 32.9 Å². The minimum absolute atomic E-state index is 0.350. The van der Waals surface area contributed by atoms with Gasteiger partial charge >= 0.3 is 6.09 Å². The second-order valence-corrected chi connectivity index (χ2v) is 5.25. The van der Waals surface area contributed by atoms with E-state index in [1.165, 1.54) is 0 Å². The number of carbonyl (C=O) groups is 1. The molecule has 0 bridgehead atoms. The van der Waals surface area contributed by atoms with Gasteiger partial charge in [0.25, 0.3) is 0 Å². The van der Waals surface area contributed by atoms with Gasteiger partial charge in [0.15, 0.2) is 0 Å². The Bertz CT molecular complexity index is 589. The van der Waals surface area contributed by atoms with Crippen molar-refractivity contribution >= 4 is 17.1 Å². The molecule has 0 saturated carbocycles. The van der Waals surface area contributed by atoms with Crippen molar-refractivity contribution in [3.63, 3.8) is 0 Å². The van der Waals surface area contributed by atoms with Crippen LogP contribution in [0.4, 0.5) is 4.79 Å². The second kappa shape index (κ2) is 5.77. The number of nitrogens with one attached hydrogen (secondary N) is 2. The molecule has 108 valence electrons. The summed E-state index contributed by atoms with van der Waals surface area (Å²) in [6.07, 6.45) is -0.451. The number of hydrogen-bond acceptors (Lipinski definition) is 5. The van der Waals surface area contributed by atoms with Gasteiger partial charge in [-0.1, -0.05) is 0 Å². The molecule has 20 heavy (non-hydrogen) atoms. The number of amides is 1. The number of aromatic nitrogens is 3. The molecule has 0 aliphatic heterocycles. The number of rotatable bonds is 4. The zero-order valence-electron chi connectivity index (χ0n) is 11.8. The van der Waals surface area contributed by atoms with Crippen LogP contribution in [-0.4, -0.2) is 40.3 Å². The maximum Gasteiger partial charge on any atom is 0.407 e. The predicted molar refractivity (Wildman–Crippen MR) is 73.6 cm³/mol. The third kappa shape index (κ3) is 4.11. The van der Waals surface area contributed by atoms with Crippen LogP contribution in [0.1, 0.15) is 20.8 Å². The number of hydrogen-bond donors (Lipinski definition) is 2. The Labute approximate surface area is 116 Å². The largest absolute Gasteiger partial charge is 0.492 e. The molecule has 7 heteroatoms. The molecule has 1 aromatic carbocycles. The molecule has 2 rings (SSSR count). The van der Waals surface area contributed by atoms with Gasteiger partial charge in [0.2, 0.25) is 0 Å². The van der Waals surface area contributed by atoms with E-state index < -0.39 is 11.7 Å². The van der Waals surface area contributed by atoms with Crippen molar-refractivity contribution in [2.24, 2.45) is 0 Å². The predicted octanol–water partition coefficient (Wildman–Crippen LogP) is 1.86. The molecule has 0 unspecified atom stereocenters. The molecule has 0 fully saturated rings. The Balaban J connectivity index is 1.74. The van der Waals surface area contributed by atoms with Gasteiger partial charge in [0.05, 0.1) is 6.54 Å². The summed E-state index contributed by atoms with van der Waals surface area (Å²) in [5, 5.41) is 13.1. The van der Waals surface area contributed by atoms with Crippen LogP contribution < -0.4 is 10.1 Å². The zero-order valence-corrected chi connectivity index (χ0v) is 11.8. The van der Waals surface area contributed by atoms with E-state index in [0.29, 0.717) is 18.9 Å². The molecule has 0 atom stereocenters. The smallest absolute Gasteiger partial charge is 0.407 e. The van der Waals surface area contributed by atoms with Crippen molar-refractivity contribution in [1.29, 1.82) is 0 Å². The van der Waals surface area contributed by atoms with E-state index in [4.69, 9.17) is 9.47 Å². The highest BCUT2D eigenvalue weighted by Gasteiger charge is 2.15. The number of carbonyl (C=O) groups excluding carboxylic acids is 1. The minimum atomic E-state index is -0.497. The maximum atomic E-state index is 11.4. The van der Waals surface area contributed by atoms with E-state index in [1.54, 1.807) is 12.1 Å². The molecule has 0 spiro atoms. The summed E-state index contributed by atoms with van der Waals surface area (Å²) in [5.74, 6) is 0.678. The van der Waals surface area contributed by atoms with Crippen LogP contribution in [0.15, 0.2) is 18.2 Å². The summed E-state index contributed by atoms with van der Waals surface area (Å²) >= 11 is 0. The first-order valence-electron chi connectivity index (χ1n) is 6.34. The average Bonchev–Trinajstić information content (AvgIpc) is 2.79. The zero-order chi connectivity index (χ0) is 14.6. The highest BCUT2D eigenvalue weighted by atomic mass is 16.6. The van der Waals surface area contributed by atoms with Crippen molar-refractivity contribution in [2.45, 2.75) is 26.4 Å². The first-order chi connectivity index (χ1) is 9.44. The first-order valence-corrected chi connectivity index (χ1v) is 6.34. The highest BCUT2D eigenvalue weighted by molar-refractivity contribution is 5.75. The van der Waals surface area contributed by atoms with Crippen molar-refractivity contribution in [3.05, 3.63) is 18.2 Å². The Morgan fingerprint density at radius 3 is 2.80 bits per heavy atom. The molecule has 2 N–H and O–H groups in total. The van der Waals surface area contributed by atoms with Crippen molar-refractivity contribution in [2.75, 3.05) is 13.2 Å². The van der Waals surface area contributed by atoms with Crippen molar-refractivity contribution in [1.82, 2.24) is 20.7 Å². The van der Waals surface area contributed by atoms with Gasteiger partial charge in [-0.2, -0.15) is 15.4 Å². The maximum absolute atomic E-state index is 11.4. The molecule has 0 aliphatic rings. The number of benzene rings is 1. The number of ether oxygens (including phenoxy) is 2. The van der Waals surface area contributed by atoms with E-state index in [9.17, 15) is 4.79 Å². The van der Waals surface area contributed by atoms with Gasteiger partial charge in [0, 0.05) is 6.07 Å². The van der Waals surface area contributed by atoms with Crippen LogP contribution in [0, 0.1) is 0 Å². The normalized spacial score (nSPS) is 11.3. The van der Waals surface area contributed by atoms with Crippen LogP contribution in [-0.2, 0) is 4.74 Å². The Morgan fingerprint density at radius 2 is 2.05 bits per heavy atom. The highest BCUT2D eigenvalue weighted by Crippen LogP contribution is 2.16. The lowest BCUT2D eigenvalue weighted by Crippen LogP contribution is -2.34.